The molecule has 0 spiro atoms. The minimum atomic E-state index is -4.68. The van der Waals surface area contributed by atoms with E-state index < -0.39 is 6.36 Å². The molecule has 0 saturated carbocycles. The van der Waals surface area contributed by atoms with Crippen LogP contribution < -0.4 is 4.74 Å². The van der Waals surface area contributed by atoms with E-state index in [1.807, 2.05) is 13.8 Å². The Morgan fingerprint density at radius 1 is 1.39 bits per heavy atom. The highest BCUT2D eigenvalue weighted by Crippen LogP contribution is 2.33. The van der Waals surface area contributed by atoms with Crippen LogP contribution in [-0.4, -0.2) is 30.1 Å². The van der Waals surface area contributed by atoms with Crippen LogP contribution in [0.5, 0.6) is 5.75 Å². The van der Waals surface area contributed by atoms with Crippen LogP contribution in [0, 0.1) is 5.41 Å². The van der Waals surface area contributed by atoms with Crippen molar-refractivity contribution in [2.24, 2.45) is 5.41 Å². The standard InChI is InChI=1S/C17H22F3NO2/c1-3-5-15(22)16(2)8-9-21(12-16)11-13-6-4-7-14(10-13)23-17(18,19)20/h4,6-7,10H,3,5,8-9,11-12H2,1-2H3. The van der Waals surface area contributed by atoms with E-state index in [-0.39, 0.29) is 16.9 Å². The summed E-state index contributed by atoms with van der Waals surface area (Å²) in [6.07, 6.45) is -2.47. The lowest BCUT2D eigenvalue weighted by Crippen LogP contribution is -2.31. The number of nitrogens with zero attached hydrogens (tertiary/aromatic N) is 1. The number of ketones is 1. The average Bonchev–Trinajstić information content (AvgIpc) is 2.80. The summed E-state index contributed by atoms with van der Waals surface area (Å²) in [4.78, 5) is 14.3. The Bertz CT molecular complexity index is 559. The van der Waals surface area contributed by atoms with Crippen molar-refractivity contribution in [1.29, 1.82) is 0 Å². The molecule has 0 bridgehead atoms. The molecule has 1 heterocycles. The maximum absolute atomic E-state index is 12.3. The molecule has 3 nitrogen and oxygen atoms in total. The van der Waals surface area contributed by atoms with E-state index in [0.29, 0.717) is 19.5 Å². The molecule has 0 aromatic heterocycles. The molecule has 2 rings (SSSR count). The number of Topliss-reactive ketones (excluding diaryl/α,β-unsaturated/α-hetero) is 1. The topological polar surface area (TPSA) is 29.5 Å². The lowest BCUT2D eigenvalue weighted by atomic mass is 9.83. The highest BCUT2D eigenvalue weighted by molar-refractivity contribution is 5.85. The number of alkyl halides is 3. The van der Waals surface area contributed by atoms with Gasteiger partial charge in [-0.1, -0.05) is 26.0 Å². The predicted octanol–water partition coefficient (Wildman–Crippen LogP) is 4.17. The van der Waals surface area contributed by atoms with E-state index >= 15 is 0 Å². The maximum atomic E-state index is 12.3. The molecule has 1 aliphatic heterocycles. The summed E-state index contributed by atoms with van der Waals surface area (Å²) in [5.74, 6) is 0.0654. The quantitative estimate of drug-likeness (QED) is 0.784. The number of halogens is 3. The fourth-order valence-corrected chi connectivity index (χ4v) is 3.05. The zero-order valence-electron chi connectivity index (χ0n) is 13.4. The third-order valence-corrected chi connectivity index (χ3v) is 4.24. The summed E-state index contributed by atoms with van der Waals surface area (Å²) in [5.41, 5.74) is 0.412. The first-order valence-electron chi connectivity index (χ1n) is 7.82. The fourth-order valence-electron chi connectivity index (χ4n) is 3.05. The minimum Gasteiger partial charge on any atom is -0.406 e. The van der Waals surface area contributed by atoms with Crippen LogP contribution in [0.25, 0.3) is 0 Å². The second-order valence-corrected chi connectivity index (χ2v) is 6.39. The van der Waals surface area contributed by atoms with Gasteiger partial charge in [-0.05, 0) is 37.1 Å². The highest BCUT2D eigenvalue weighted by atomic mass is 19.4. The number of hydrogen-bond acceptors (Lipinski definition) is 3. The van der Waals surface area contributed by atoms with Crippen LogP contribution in [0.3, 0.4) is 0 Å². The summed E-state index contributed by atoms with van der Waals surface area (Å²) >= 11 is 0. The lowest BCUT2D eigenvalue weighted by molar-refractivity contribution is -0.274. The van der Waals surface area contributed by atoms with Gasteiger partial charge in [-0.2, -0.15) is 0 Å². The maximum Gasteiger partial charge on any atom is 0.573 e. The van der Waals surface area contributed by atoms with Gasteiger partial charge >= 0.3 is 6.36 Å². The first kappa shape index (κ1) is 17.8. The first-order valence-corrected chi connectivity index (χ1v) is 7.82. The van der Waals surface area contributed by atoms with E-state index in [1.165, 1.54) is 12.1 Å². The molecule has 1 atom stereocenters. The van der Waals surface area contributed by atoms with Crippen LogP contribution in [0.4, 0.5) is 13.2 Å². The van der Waals surface area contributed by atoms with Gasteiger partial charge in [0.2, 0.25) is 0 Å². The van der Waals surface area contributed by atoms with Crippen LogP contribution in [0.15, 0.2) is 24.3 Å². The van der Waals surface area contributed by atoms with Crippen molar-refractivity contribution in [2.75, 3.05) is 13.1 Å². The van der Waals surface area contributed by atoms with Crippen molar-refractivity contribution in [2.45, 2.75) is 46.0 Å². The molecule has 0 radical (unpaired) electrons. The molecule has 128 valence electrons. The Labute approximate surface area is 134 Å². The van der Waals surface area contributed by atoms with Crippen LogP contribution in [-0.2, 0) is 11.3 Å². The van der Waals surface area contributed by atoms with E-state index in [2.05, 4.69) is 9.64 Å². The number of carbonyl (C=O) groups is 1. The summed E-state index contributed by atoms with van der Waals surface area (Å²) in [6.45, 7) is 5.91. The van der Waals surface area contributed by atoms with E-state index in [1.54, 1.807) is 12.1 Å². The zero-order chi connectivity index (χ0) is 17.1. The van der Waals surface area contributed by atoms with Crippen LogP contribution in [0.1, 0.15) is 38.7 Å². The first-order chi connectivity index (χ1) is 10.7. The second kappa shape index (κ2) is 6.91. The molecule has 1 aromatic rings. The third kappa shape index (κ3) is 4.96. The highest BCUT2D eigenvalue weighted by Gasteiger charge is 2.39. The van der Waals surface area contributed by atoms with Crippen molar-refractivity contribution in [3.63, 3.8) is 0 Å². The van der Waals surface area contributed by atoms with Gasteiger partial charge in [-0.15, -0.1) is 13.2 Å². The average molecular weight is 329 g/mol. The molecule has 1 saturated heterocycles. The van der Waals surface area contributed by atoms with Gasteiger partial charge in [0.25, 0.3) is 0 Å². The Morgan fingerprint density at radius 3 is 2.78 bits per heavy atom. The van der Waals surface area contributed by atoms with Gasteiger partial charge in [0.1, 0.15) is 11.5 Å². The molecule has 1 aromatic carbocycles. The lowest BCUT2D eigenvalue weighted by Gasteiger charge is -2.23. The normalized spacial score (nSPS) is 22.3. The Hall–Kier alpha value is -1.56. The zero-order valence-corrected chi connectivity index (χ0v) is 13.4. The number of likely N-dealkylation sites (tertiary alicyclic amines) is 1. The number of carbonyl (C=O) groups excluding carboxylic acids is 1. The van der Waals surface area contributed by atoms with Crippen molar-refractivity contribution >= 4 is 5.78 Å². The van der Waals surface area contributed by atoms with E-state index in [9.17, 15) is 18.0 Å². The molecular weight excluding hydrogens is 307 g/mol. The summed E-state index contributed by atoms with van der Waals surface area (Å²) in [5, 5.41) is 0. The van der Waals surface area contributed by atoms with Gasteiger partial charge in [-0.3, -0.25) is 9.69 Å². The van der Waals surface area contributed by atoms with Crippen LogP contribution in [0.2, 0.25) is 0 Å². The largest absolute Gasteiger partial charge is 0.573 e. The summed E-state index contributed by atoms with van der Waals surface area (Å²) < 4.78 is 40.8. The number of hydrogen-bond donors (Lipinski definition) is 0. The molecular formula is C17H22F3NO2. The Morgan fingerprint density at radius 2 is 2.13 bits per heavy atom. The predicted molar refractivity (Wildman–Crippen MR) is 81.0 cm³/mol. The molecule has 0 N–H and O–H groups in total. The van der Waals surface area contributed by atoms with Gasteiger partial charge in [-0.25, -0.2) is 0 Å². The van der Waals surface area contributed by atoms with E-state index in [4.69, 9.17) is 0 Å². The van der Waals surface area contributed by atoms with Crippen molar-refractivity contribution < 1.29 is 22.7 Å². The molecule has 0 amide bonds. The second-order valence-electron chi connectivity index (χ2n) is 6.39. The monoisotopic (exact) mass is 329 g/mol. The Kier molecular flexibility index (Phi) is 5.34. The van der Waals surface area contributed by atoms with Gasteiger partial charge in [0.15, 0.2) is 0 Å². The molecule has 1 unspecified atom stereocenters. The summed E-state index contributed by atoms with van der Waals surface area (Å²) in [7, 11) is 0. The van der Waals surface area contributed by atoms with Crippen LogP contribution >= 0.6 is 0 Å². The van der Waals surface area contributed by atoms with E-state index in [0.717, 1.165) is 24.9 Å². The number of rotatable bonds is 6. The Balaban J connectivity index is 1.98. The molecule has 6 heteroatoms. The third-order valence-electron chi connectivity index (χ3n) is 4.24. The molecule has 23 heavy (non-hydrogen) atoms. The smallest absolute Gasteiger partial charge is 0.406 e. The molecule has 1 fully saturated rings. The molecule has 0 aliphatic carbocycles. The van der Waals surface area contributed by atoms with Gasteiger partial charge in [0.05, 0.1) is 0 Å². The minimum absolute atomic E-state index is 0.209. The van der Waals surface area contributed by atoms with Gasteiger partial charge < -0.3 is 4.74 Å². The summed E-state index contributed by atoms with van der Waals surface area (Å²) in [6, 6.07) is 6.01. The van der Waals surface area contributed by atoms with Crippen molar-refractivity contribution in [3.05, 3.63) is 29.8 Å². The number of ether oxygens (including phenoxy) is 1. The van der Waals surface area contributed by atoms with Gasteiger partial charge in [0, 0.05) is 24.9 Å². The van der Waals surface area contributed by atoms with Crippen molar-refractivity contribution in [1.82, 2.24) is 4.90 Å². The van der Waals surface area contributed by atoms with Crippen molar-refractivity contribution in [3.8, 4) is 5.75 Å². The SMILES string of the molecule is CCCC(=O)C1(C)CCN(Cc2cccc(OC(F)(F)F)c2)C1. The molecule has 1 aliphatic rings. The fraction of sp³-hybridized carbons (Fsp3) is 0.588. The number of benzene rings is 1.